The Hall–Kier alpha value is -0.0100. The van der Waals surface area contributed by atoms with E-state index in [-0.39, 0.29) is 0 Å². The molecule has 0 aromatic carbocycles. The van der Waals surface area contributed by atoms with E-state index in [1.165, 1.54) is 0 Å². The Kier molecular flexibility index (Phi) is 24.2. The van der Waals surface area contributed by atoms with Crippen LogP contribution in [0.3, 0.4) is 0 Å². The van der Waals surface area contributed by atoms with Gasteiger partial charge in [0, 0.05) is 0 Å². The summed E-state index contributed by atoms with van der Waals surface area (Å²) in [6.07, 6.45) is 0. The third-order valence-electron chi connectivity index (χ3n) is 0. The van der Waals surface area contributed by atoms with Crippen molar-refractivity contribution in [2.45, 2.75) is 59.7 Å². The molecule has 17 heavy (non-hydrogen) atoms. The lowest BCUT2D eigenvalue weighted by Gasteiger charge is -2.36. The van der Waals surface area contributed by atoms with Gasteiger partial charge in [0.05, 0.1) is 18.1 Å². The molecule has 0 aromatic rings. The molecule has 0 saturated carbocycles. The smallest absolute Gasteiger partial charge is 0.0786 e. The van der Waals surface area contributed by atoms with Crippen LogP contribution in [0.15, 0.2) is 0 Å². The summed E-state index contributed by atoms with van der Waals surface area (Å²) in [5.74, 6) is 0. The molecule has 0 spiro atoms. The Morgan fingerprint density at radius 1 is 0.706 bits per heavy atom. The molecule has 0 heterocycles. The highest BCUT2D eigenvalue weighted by Crippen LogP contribution is 2.03. The summed E-state index contributed by atoms with van der Waals surface area (Å²) in [4.78, 5) is 25.6. The van der Waals surface area contributed by atoms with Crippen molar-refractivity contribution in [3.63, 3.8) is 0 Å². The SMILES string of the molecule is CC(C)[NH3+].CC(C)[NH3+].CC(C)[NH3+].O=P([O-])([O-])[O-]. The van der Waals surface area contributed by atoms with Gasteiger partial charge in [0.25, 0.3) is 0 Å². The summed E-state index contributed by atoms with van der Waals surface area (Å²) in [7, 11) is -5.39. The number of hydrogen-bond donors (Lipinski definition) is 3. The van der Waals surface area contributed by atoms with Crippen molar-refractivity contribution in [1.82, 2.24) is 0 Å². The van der Waals surface area contributed by atoms with Crippen molar-refractivity contribution in [3.8, 4) is 0 Å². The summed E-state index contributed by atoms with van der Waals surface area (Å²) in [6, 6.07) is 1.75. The maximum Gasteiger partial charge on any atom is 0.0786 e. The van der Waals surface area contributed by atoms with Gasteiger partial charge < -0.3 is 36.4 Å². The summed E-state index contributed by atoms with van der Waals surface area (Å²) >= 11 is 0. The number of quaternary nitrogens is 3. The van der Waals surface area contributed by atoms with Gasteiger partial charge in [-0.25, -0.2) is 0 Å². The van der Waals surface area contributed by atoms with Crippen LogP contribution in [0.2, 0.25) is 0 Å². The van der Waals surface area contributed by atoms with Gasteiger partial charge in [-0.3, -0.25) is 0 Å². The van der Waals surface area contributed by atoms with E-state index in [0.717, 1.165) is 0 Å². The van der Waals surface area contributed by atoms with E-state index < -0.39 is 7.82 Å². The fourth-order valence-electron chi connectivity index (χ4n) is 0. The molecule has 0 unspecified atom stereocenters. The Bertz CT molecular complexity index is 141. The fraction of sp³-hybridized carbons (Fsp3) is 1.00. The van der Waals surface area contributed by atoms with E-state index in [9.17, 15) is 0 Å². The highest BCUT2D eigenvalue weighted by atomic mass is 31.2. The first-order valence-electron chi connectivity index (χ1n) is 5.42. The lowest BCUT2D eigenvalue weighted by atomic mass is 10.4. The molecule has 0 rings (SSSR count). The van der Waals surface area contributed by atoms with Crippen LogP contribution in [0.5, 0.6) is 0 Å². The molecule has 0 aromatic heterocycles. The first-order valence-corrected chi connectivity index (χ1v) is 6.88. The van der Waals surface area contributed by atoms with Gasteiger partial charge >= 0.3 is 0 Å². The van der Waals surface area contributed by atoms with Crippen LogP contribution >= 0.6 is 7.82 Å². The first-order chi connectivity index (χ1) is 7.20. The van der Waals surface area contributed by atoms with Gasteiger partial charge in [-0.15, -0.1) is 0 Å². The molecule has 0 saturated heterocycles. The first kappa shape index (κ1) is 25.7. The third-order valence-corrected chi connectivity index (χ3v) is 0. The molecule has 0 aliphatic carbocycles. The molecule has 0 radical (unpaired) electrons. The van der Waals surface area contributed by atoms with Crippen molar-refractivity contribution < 1.29 is 36.4 Å². The minimum Gasteiger partial charge on any atom is -0.822 e. The van der Waals surface area contributed by atoms with E-state index in [2.05, 4.69) is 58.7 Å². The molecule has 7 nitrogen and oxygen atoms in total. The lowest BCUT2D eigenvalue weighted by Crippen LogP contribution is -2.57. The van der Waals surface area contributed by atoms with Crippen molar-refractivity contribution in [2.75, 3.05) is 0 Å². The molecule has 0 amide bonds. The molecule has 0 bridgehead atoms. The second-order valence-electron chi connectivity index (χ2n) is 4.63. The molecule has 0 aliphatic rings. The predicted octanol–water partition coefficient (Wildman–Crippen LogP) is -3.91. The molecule has 8 heteroatoms. The summed E-state index contributed by atoms with van der Waals surface area (Å²) in [6.45, 7) is 12.3. The fourth-order valence-corrected chi connectivity index (χ4v) is 0. The standard InChI is InChI=1S/3C3H9N.H3O4P/c3*1-3(2)4;1-5(2,3)4/h3*3H,4H2,1-2H3;(H3,1,2,3,4). The van der Waals surface area contributed by atoms with Gasteiger partial charge in [0.15, 0.2) is 0 Å². The van der Waals surface area contributed by atoms with Crippen molar-refractivity contribution in [3.05, 3.63) is 0 Å². The highest BCUT2D eigenvalue weighted by Gasteiger charge is 1.73. The molecular formula is C9H30N3O4P. The second-order valence-corrected chi connectivity index (χ2v) is 5.52. The Labute approximate surface area is 105 Å². The zero-order valence-corrected chi connectivity index (χ0v) is 12.8. The van der Waals surface area contributed by atoms with Crippen molar-refractivity contribution >= 4 is 7.82 Å². The quantitative estimate of drug-likeness (QED) is 0.384. The zero-order valence-electron chi connectivity index (χ0n) is 11.9. The van der Waals surface area contributed by atoms with Gasteiger partial charge in [-0.05, 0) is 41.5 Å². The van der Waals surface area contributed by atoms with Crippen LogP contribution in [0, 0.1) is 0 Å². The van der Waals surface area contributed by atoms with Crippen molar-refractivity contribution in [2.24, 2.45) is 0 Å². The number of hydrogen-bond acceptors (Lipinski definition) is 4. The zero-order chi connectivity index (χ0) is 15.2. The van der Waals surface area contributed by atoms with E-state index in [4.69, 9.17) is 19.2 Å². The average molecular weight is 275 g/mol. The molecular weight excluding hydrogens is 245 g/mol. The van der Waals surface area contributed by atoms with Crippen LogP contribution in [-0.4, -0.2) is 18.1 Å². The van der Waals surface area contributed by atoms with Gasteiger partial charge in [0.2, 0.25) is 0 Å². The summed E-state index contributed by atoms with van der Waals surface area (Å²) < 4.78 is 8.55. The van der Waals surface area contributed by atoms with Crippen molar-refractivity contribution in [1.29, 1.82) is 0 Å². The highest BCUT2D eigenvalue weighted by molar-refractivity contribution is 7.40. The maximum absolute atomic E-state index is 8.55. The lowest BCUT2D eigenvalue weighted by molar-refractivity contribution is -0.432. The molecule has 0 fully saturated rings. The van der Waals surface area contributed by atoms with Crippen LogP contribution in [0.4, 0.5) is 0 Å². The van der Waals surface area contributed by atoms with E-state index in [0.29, 0.717) is 18.1 Å². The third kappa shape index (κ3) is 31300000. The van der Waals surface area contributed by atoms with Crippen LogP contribution in [-0.2, 0) is 4.57 Å². The monoisotopic (exact) mass is 275 g/mol. The van der Waals surface area contributed by atoms with Gasteiger partial charge in [-0.2, -0.15) is 7.82 Å². The van der Waals surface area contributed by atoms with Crippen LogP contribution in [0.25, 0.3) is 0 Å². The van der Waals surface area contributed by atoms with E-state index in [1.54, 1.807) is 0 Å². The predicted molar refractivity (Wildman–Crippen MR) is 61.7 cm³/mol. The molecule has 0 atom stereocenters. The Balaban J connectivity index is -0.0000000667. The molecule has 0 aliphatic heterocycles. The van der Waals surface area contributed by atoms with Gasteiger partial charge in [0.1, 0.15) is 0 Å². The average Bonchev–Trinajstić information content (AvgIpc) is 1.73. The molecule has 110 valence electrons. The van der Waals surface area contributed by atoms with Gasteiger partial charge in [-0.1, -0.05) is 0 Å². The maximum atomic E-state index is 8.55. The second kappa shape index (κ2) is 16.0. The summed E-state index contributed by atoms with van der Waals surface area (Å²) in [5, 5.41) is 0. The Morgan fingerprint density at radius 3 is 0.706 bits per heavy atom. The van der Waals surface area contributed by atoms with Crippen LogP contribution < -0.4 is 31.9 Å². The Morgan fingerprint density at radius 2 is 0.706 bits per heavy atom. The molecule has 9 N–H and O–H groups in total. The summed E-state index contributed by atoms with van der Waals surface area (Å²) in [5.41, 5.74) is 10.9. The topological polar surface area (TPSA) is 169 Å². The normalized spacial score (nSPS) is 9.82. The number of phosphoric acid groups is 1. The van der Waals surface area contributed by atoms with Crippen LogP contribution in [0.1, 0.15) is 41.5 Å². The van der Waals surface area contributed by atoms with E-state index in [1.807, 2.05) is 0 Å². The minimum atomic E-state index is -5.39. The largest absolute Gasteiger partial charge is 0.822 e. The number of rotatable bonds is 0. The minimum absolute atomic E-state index is 0.583. The van der Waals surface area contributed by atoms with E-state index >= 15 is 0 Å².